The van der Waals surface area contributed by atoms with Gasteiger partial charge in [-0.1, -0.05) is 12.1 Å². The molecule has 0 unspecified atom stereocenters. The number of hydrazine groups is 1. The number of aliphatic carboxylic acids is 1. The third-order valence-corrected chi connectivity index (χ3v) is 5.50. The summed E-state index contributed by atoms with van der Waals surface area (Å²) in [5.74, 6) is -6.05. The first-order chi connectivity index (χ1) is 20.0. The van der Waals surface area contributed by atoms with Crippen molar-refractivity contribution < 1.29 is 52.9 Å². The molecule has 15 heteroatoms. The van der Waals surface area contributed by atoms with Crippen LogP contribution in [0.1, 0.15) is 31.1 Å². The van der Waals surface area contributed by atoms with E-state index in [1.165, 1.54) is 62.8 Å². The Balaban J connectivity index is 1.86. The summed E-state index contributed by atoms with van der Waals surface area (Å²) in [7, 11) is 2.68. The maximum absolute atomic E-state index is 13.1. The zero-order chi connectivity index (χ0) is 30.8. The van der Waals surface area contributed by atoms with Gasteiger partial charge in [0.2, 0.25) is 12.2 Å². The maximum Gasteiger partial charge on any atom is 0.349 e. The van der Waals surface area contributed by atoms with Crippen molar-refractivity contribution in [2.75, 3.05) is 14.2 Å². The van der Waals surface area contributed by atoms with Crippen molar-refractivity contribution in [3.8, 4) is 11.5 Å². The standard InChI is InChI=1S/C27H23N3O12/c1-39-19-7-3-5-16(13-19)26(35)41-21(22(25(33)34)42-27(36)17-6-4-8-20(14-17)40-2)24(32)29-28-23(31)15-9-11-18(12-10-15)30(37)38/h3-14,21-22H,1-2H3,(H,28,31)(H,29,32)(H,33,34)/t21-,22+/m0/s1. The van der Waals surface area contributed by atoms with Gasteiger partial charge in [-0.15, -0.1) is 0 Å². The van der Waals surface area contributed by atoms with Gasteiger partial charge in [0, 0.05) is 17.7 Å². The predicted octanol–water partition coefficient (Wildman–Crippen LogP) is 1.91. The Morgan fingerprint density at radius 2 is 1.24 bits per heavy atom. The van der Waals surface area contributed by atoms with E-state index in [4.69, 9.17) is 18.9 Å². The number of benzene rings is 3. The molecular formula is C27H23N3O12. The van der Waals surface area contributed by atoms with Crippen LogP contribution < -0.4 is 20.3 Å². The first-order valence-corrected chi connectivity index (χ1v) is 11.8. The number of hydrogen-bond donors (Lipinski definition) is 3. The van der Waals surface area contributed by atoms with E-state index in [1.807, 2.05) is 10.9 Å². The fourth-order valence-corrected chi connectivity index (χ4v) is 3.36. The number of carbonyl (C=O) groups is 5. The van der Waals surface area contributed by atoms with E-state index in [-0.39, 0.29) is 33.9 Å². The average molecular weight is 581 g/mol. The minimum atomic E-state index is -2.38. The summed E-state index contributed by atoms with van der Waals surface area (Å²) in [6, 6.07) is 15.3. The number of hydrogen-bond acceptors (Lipinski definition) is 11. The van der Waals surface area contributed by atoms with Crippen LogP contribution in [0.5, 0.6) is 11.5 Å². The molecule has 42 heavy (non-hydrogen) atoms. The number of nitrogens with one attached hydrogen (secondary N) is 2. The van der Waals surface area contributed by atoms with Gasteiger partial charge in [0.25, 0.3) is 17.5 Å². The first kappa shape index (κ1) is 30.6. The van der Waals surface area contributed by atoms with Crippen LogP contribution in [-0.4, -0.2) is 66.2 Å². The quantitative estimate of drug-likeness (QED) is 0.168. The Morgan fingerprint density at radius 1 is 0.738 bits per heavy atom. The molecule has 0 heterocycles. The highest BCUT2D eigenvalue weighted by molar-refractivity contribution is 5.99. The van der Waals surface area contributed by atoms with Gasteiger partial charge < -0.3 is 24.1 Å². The average Bonchev–Trinajstić information content (AvgIpc) is 3.00. The summed E-state index contributed by atoms with van der Waals surface area (Å²) >= 11 is 0. The summed E-state index contributed by atoms with van der Waals surface area (Å²) in [4.78, 5) is 73.5. The van der Waals surface area contributed by atoms with Crippen LogP contribution >= 0.6 is 0 Å². The molecule has 2 amide bonds. The number of nitro groups is 1. The second-order valence-electron chi connectivity index (χ2n) is 8.20. The molecule has 15 nitrogen and oxygen atoms in total. The van der Waals surface area contributed by atoms with Crippen LogP contribution in [0.4, 0.5) is 5.69 Å². The minimum absolute atomic E-state index is 0.106. The van der Waals surface area contributed by atoms with Crippen molar-refractivity contribution in [2.45, 2.75) is 12.2 Å². The van der Waals surface area contributed by atoms with E-state index in [0.29, 0.717) is 0 Å². The molecule has 3 N–H and O–H groups in total. The second-order valence-corrected chi connectivity index (χ2v) is 8.20. The predicted molar refractivity (Wildman–Crippen MR) is 141 cm³/mol. The molecule has 0 spiro atoms. The molecule has 0 aliphatic heterocycles. The molecule has 0 aliphatic carbocycles. The van der Waals surface area contributed by atoms with Crippen molar-refractivity contribution in [3.05, 3.63) is 99.6 Å². The number of carboxylic acids is 1. The van der Waals surface area contributed by atoms with E-state index in [1.54, 1.807) is 0 Å². The highest BCUT2D eigenvalue weighted by atomic mass is 16.6. The normalized spacial score (nSPS) is 11.7. The Kier molecular flexibility index (Phi) is 10.1. The fourth-order valence-electron chi connectivity index (χ4n) is 3.36. The van der Waals surface area contributed by atoms with Crippen LogP contribution in [0, 0.1) is 10.1 Å². The molecular weight excluding hydrogens is 558 g/mol. The zero-order valence-corrected chi connectivity index (χ0v) is 22.0. The van der Waals surface area contributed by atoms with Crippen LogP contribution in [-0.2, 0) is 19.1 Å². The van der Waals surface area contributed by atoms with E-state index in [0.717, 1.165) is 24.3 Å². The number of carboxylic acid groups (broad SMARTS) is 1. The number of rotatable bonds is 11. The number of esters is 2. The molecule has 0 aromatic heterocycles. The third kappa shape index (κ3) is 7.78. The number of non-ortho nitro benzene ring substituents is 1. The van der Waals surface area contributed by atoms with E-state index in [2.05, 4.69) is 0 Å². The molecule has 0 saturated heterocycles. The van der Waals surface area contributed by atoms with Crippen LogP contribution in [0.15, 0.2) is 72.8 Å². The van der Waals surface area contributed by atoms with Crippen molar-refractivity contribution >= 4 is 35.4 Å². The summed E-state index contributed by atoms with van der Waals surface area (Å²) in [5, 5.41) is 20.7. The van der Waals surface area contributed by atoms with Gasteiger partial charge in [0.15, 0.2) is 0 Å². The topological polar surface area (TPSA) is 210 Å². The zero-order valence-electron chi connectivity index (χ0n) is 22.0. The number of carbonyl (C=O) groups excluding carboxylic acids is 4. The monoisotopic (exact) mass is 581 g/mol. The van der Waals surface area contributed by atoms with Gasteiger partial charge in [-0.25, -0.2) is 14.4 Å². The lowest BCUT2D eigenvalue weighted by Gasteiger charge is -2.23. The molecule has 0 saturated carbocycles. The van der Waals surface area contributed by atoms with Gasteiger partial charge >= 0.3 is 17.9 Å². The van der Waals surface area contributed by atoms with Crippen molar-refractivity contribution in [2.24, 2.45) is 0 Å². The van der Waals surface area contributed by atoms with E-state index >= 15 is 0 Å². The number of methoxy groups -OCH3 is 2. The van der Waals surface area contributed by atoms with E-state index < -0.39 is 46.9 Å². The van der Waals surface area contributed by atoms with Crippen LogP contribution in [0.2, 0.25) is 0 Å². The molecule has 218 valence electrons. The minimum Gasteiger partial charge on any atom is -0.497 e. The Morgan fingerprint density at radius 3 is 1.69 bits per heavy atom. The summed E-state index contributed by atoms with van der Waals surface area (Å²) < 4.78 is 20.3. The van der Waals surface area contributed by atoms with E-state index in [9.17, 15) is 39.2 Å². The molecule has 3 aromatic rings. The van der Waals surface area contributed by atoms with Gasteiger partial charge in [-0.2, -0.15) is 0 Å². The lowest BCUT2D eigenvalue weighted by Crippen LogP contribution is -2.54. The number of ether oxygens (including phenoxy) is 4. The van der Waals surface area contributed by atoms with Gasteiger partial charge in [-0.05, 0) is 48.5 Å². The van der Waals surface area contributed by atoms with Crippen molar-refractivity contribution in [1.29, 1.82) is 0 Å². The SMILES string of the molecule is COc1cccc(C(=O)O[C@H](C(=O)NNC(=O)c2ccc([N+](=O)[O-])cc2)[C@@H](OC(=O)c2cccc(OC)c2)C(=O)O)c1. The van der Waals surface area contributed by atoms with Crippen LogP contribution in [0.3, 0.4) is 0 Å². The molecule has 0 fully saturated rings. The Labute approximate surface area is 237 Å². The van der Waals surface area contributed by atoms with Gasteiger partial charge in [0.05, 0.1) is 30.3 Å². The van der Waals surface area contributed by atoms with Crippen LogP contribution in [0.25, 0.3) is 0 Å². The number of nitrogens with zero attached hydrogens (tertiary/aromatic N) is 1. The lowest BCUT2D eigenvalue weighted by molar-refractivity contribution is -0.384. The highest BCUT2D eigenvalue weighted by Gasteiger charge is 2.41. The number of amides is 2. The maximum atomic E-state index is 13.1. The second kappa shape index (κ2) is 13.9. The molecule has 0 aliphatic rings. The Hall–Kier alpha value is -5.99. The third-order valence-electron chi connectivity index (χ3n) is 5.50. The molecule has 3 aromatic carbocycles. The largest absolute Gasteiger partial charge is 0.497 e. The summed E-state index contributed by atoms with van der Waals surface area (Å²) in [5.41, 5.74) is 3.24. The smallest absolute Gasteiger partial charge is 0.349 e. The fraction of sp³-hybridized carbons (Fsp3) is 0.148. The molecule has 0 bridgehead atoms. The van der Waals surface area contributed by atoms with Crippen molar-refractivity contribution in [3.63, 3.8) is 0 Å². The molecule has 2 atom stereocenters. The lowest BCUT2D eigenvalue weighted by atomic mass is 10.1. The Bertz CT molecular complexity index is 1510. The van der Waals surface area contributed by atoms with Crippen molar-refractivity contribution in [1.82, 2.24) is 10.9 Å². The first-order valence-electron chi connectivity index (χ1n) is 11.8. The van der Waals surface area contributed by atoms with Gasteiger partial charge in [0.1, 0.15) is 11.5 Å². The van der Waals surface area contributed by atoms with Gasteiger partial charge in [-0.3, -0.25) is 30.6 Å². The number of nitro benzene ring substituents is 1. The highest BCUT2D eigenvalue weighted by Crippen LogP contribution is 2.19. The molecule has 0 radical (unpaired) electrons. The summed E-state index contributed by atoms with van der Waals surface area (Å²) in [6.07, 6.45) is -4.69. The molecule has 3 rings (SSSR count). The summed E-state index contributed by atoms with van der Waals surface area (Å²) in [6.45, 7) is 0.